The molecule has 0 amide bonds. The van der Waals surface area contributed by atoms with Gasteiger partial charge in [-0.2, -0.15) is 0 Å². The van der Waals surface area contributed by atoms with Gasteiger partial charge in [0.1, 0.15) is 0 Å². The van der Waals surface area contributed by atoms with Gasteiger partial charge in [-0.1, -0.05) is 33.6 Å². The van der Waals surface area contributed by atoms with E-state index in [1.54, 1.807) is 0 Å². The number of rotatable bonds is 2. The SMILES string of the molecule is CC1CCCC(N(C)C2CCC(C)(C)C2N)C1. The molecule has 4 atom stereocenters. The van der Waals surface area contributed by atoms with Crippen molar-refractivity contribution in [3.8, 4) is 0 Å². The molecule has 0 saturated heterocycles. The van der Waals surface area contributed by atoms with Crippen molar-refractivity contribution in [2.24, 2.45) is 17.1 Å². The quantitative estimate of drug-likeness (QED) is 0.801. The first-order chi connectivity index (χ1) is 7.92. The van der Waals surface area contributed by atoms with E-state index in [4.69, 9.17) is 5.73 Å². The number of hydrogen-bond donors (Lipinski definition) is 1. The van der Waals surface area contributed by atoms with Crippen molar-refractivity contribution < 1.29 is 0 Å². The van der Waals surface area contributed by atoms with Gasteiger partial charge in [-0.15, -0.1) is 0 Å². The molecule has 2 heteroatoms. The molecule has 4 unspecified atom stereocenters. The van der Waals surface area contributed by atoms with E-state index >= 15 is 0 Å². The third-order valence-electron chi connectivity index (χ3n) is 5.41. The number of nitrogens with zero attached hydrogens (tertiary/aromatic N) is 1. The Hall–Kier alpha value is -0.0800. The van der Waals surface area contributed by atoms with E-state index in [-0.39, 0.29) is 0 Å². The maximum Gasteiger partial charge on any atom is 0.0252 e. The predicted octanol–water partition coefficient (Wildman–Crippen LogP) is 3.01. The smallest absolute Gasteiger partial charge is 0.0252 e. The van der Waals surface area contributed by atoms with Crippen LogP contribution in [0.5, 0.6) is 0 Å². The van der Waals surface area contributed by atoms with Crippen LogP contribution in [0.2, 0.25) is 0 Å². The zero-order valence-electron chi connectivity index (χ0n) is 12.1. The Labute approximate surface area is 107 Å². The van der Waals surface area contributed by atoms with Crippen LogP contribution in [0.1, 0.15) is 59.3 Å². The van der Waals surface area contributed by atoms with Gasteiger partial charge in [0.25, 0.3) is 0 Å². The lowest BCUT2D eigenvalue weighted by Crippen LogP contribution is -2.51. The molecule has 2 N–H and O–H groups in total. The zero-order chi connectivity index (χ0) is 12.6. The molecular formula is C15H30N2. The molecule has 2 saturated carbocycles. The largest absolute Gasteiger partial charge is 0.326 e. The van der Waals surface area contributed by atoms with Gasteiger partial charge in [0.05, 0.1) is 0 Å². The van der Waals surface area contributed by atoms with Crippen molar-refractivity contribution in [3.63, 3.8) is 0 Å². The average Bonchev–Trinajstić information content (AvgIpc) is 2.54. The summed E-state index contributed by atoms with van der Waals surface area (Å²) < 4.78 is 0. The van der Waals surface area contributed by atoms with Gasteiger partial charge >= 0.3 is 0 Å². The lowest BCUT2D eigenvalue weighted by Gasteiger charge is -2.40. The van der Waals surface area contributed by atoms with Gasteiger partial charge in [0.2, 0.25) is 0 Å². The number of nitrogens with two attached hydrogens (primary N) is 1. The summed E-state index contributed by atoms with van der Waals surface area (Å²) in [6.45, 7) is 7.06. The average molecular weight is 238 g/mol. The highest BCUT2D eigenvalue weighted by Gasteiger charge is 2.42. The molecule has 2 aliphatic rings. The highest BCUT2D eigenvalue weighted by molar-refractivity contribution is 5.00. The molecule has 0 bridgehead atoms. The van der Waals surface area contributed by atoms with Gasteiger partial charge in [-0.3, -0.25) is 4.90 Å². The number of hydrogen-bond acceptors (Lipinski definition) is 2. The molecule has 2 rings (SSSR count). The Balaban J connectivity index is 1.98. The minimum atomic E-state index is 0.333. The van der Waals surface area contributed by atoms with Crippen molar-refractivity contribution in [2.45, 2.75) is 77.4 Å². The van der Waals surface area contributed by atoms with Gasteiger partial charge in [-0.25, -0.2) is 0 Å². The zero-order valence-corrected chi connectivity index (χ0v) is 12.1. The van der Waals surface area contributed by atoms with Crippen molar-refractivity contribution in [1.29, 1.82) is 0 Å². The molecule has 0 aromatic carbocycles. The highest BCUT2D eigenvalue weighted by atomic mass is 15.2. The molecule has 2 nitrogen and oxygen atoms in total. The predicted molar refractivity (Wildman–Crippen MR) is 74.0 cm³/mol. The van der Waals surface area contributed by atoms with E-state index in [9.17, 15) is 0 Å². The topological polar surface area (TPSA) is 29.3 Å². The van der Waals surface area contributed by atoms with Crippen molar-refractivity contribution in [1.82, 2.24) is 4.90 Å². The van der Waals surface area contributed by atoms with Crippen LogP contribution in [0.25, 0.3) is 0 Å². The van der Waals surface area contributed by atoms with E-state index in [0.29, 0.717) is 17.5 Å². The molecule has 0 spiro atoms. The van der Waals surface area contributed by atoms with Crippen LogP contribution in [0.4, 0.5) is 0 Å². The summed E-state index contributed by atoms with van der Waals surface area (Å²) in [4.78, 5) is 2.62. The Morgan fingerprint density at radius 1 is 1.18 bits per heavy atom. The fourth-order valence-electron chi connectivity index (χ4n) is 3.89. The van der Waals surface area contributed by atoms with Gasteiger partial charge < -0.3 is 5.73 Å². The van der Waals surface area contributed by atoms with Crippen molar-refractivity contribution in [3.05, 3.63) is 0 Å². The summed E-state index contributed by atoms with van der Waals surface area (Å²) >= 11 is 0. The summed E-state index contributed by atoms with van der Waals surface area (Å²) in [5.74, 6) is 0.904. The molecule has 0 heterocycles. The lowest BCUT2D eigenvalue weighted by molar-refractivity contribution is 0.103. The second-order valence-electron chi connectivity index (χ2n) is 7.21. The normalized spacial score (nSPS) is 42.0. The summed E-state index contributed by atoms with van der Waals surface area (Å²) in [6, 6.07) is 1.74. The Morgan fingerprint density at radius 2 is 1.88 bits per heavy atom. The monoisotopic (exact) mass is 238 g/mol. The molecule has 17 heavy (non-hydrogen) atoms. The standard InChI is InChI=1S/C15H30N2/c1-11-6-5-7-12(10-11)17(4)13-8-9-15(2,3)14(13)16/h11-14H,5-10,16H2,1-4H3. The maximum atomic E-state index is 6.46. The molecule has 0 aliphatic heterocycles. The van der Waals surface area contributed by atoms with Gasteiger partial charge in [0.15, 0.2) is 0 Å². The van der Waals surface area contributed by atoms with Gasteiger partial charge in [-0.05, 0) is 44.1 Å². The van der Waals surface area contributed by atoms with E-state index in [2.05, 4.69) is 32.7 Å². The molecule has 0 aromatic heterocycles. The molecular weight excluding hydrogens is 208 g/mol. The van der Waals surface area contributed by atoms with Crippen molar-refractivity contribution >= 4 is 0 Å². The van der Waals surface area contributed by atoms with E-state index in [1.165, 1.54) is 38.5 Å². The van der Waals surface area contributed by atoms with E-state index < -0.39 is 0 Å². The second kappa shape index (κ2) is 4.89. The van der Waals surface area contributed by atoms with Crippen LogP contribution in [0.15, 0.2) is 0 Å². The molecule has 0 radical (unpaired) electrons. The minimum absolute atomic E-state index is 0.333. The van der Waals surface area contributed by atoms with Crippen LogP contribution in [0.3, 0.4) is 0 Å². The third kappa shape index (κ3) is 2.68. The molecule has 100 valence electrons. The second-order valence-corrected chi connectivity index (χ2v) is 7.21. The summed E-state index contributed by atoms with van der Waals surface area (Å²) in [5.41, 5.74) is 6.79. The van der Waals surface area contributed by atoms with E-state index in [1.807, 2.05) is 0 Å². The molecule has 2 aliphatic carbocycles. The molecule has 2 fully saturated rings. The Bertz CT molecular complexity index is 262. The van der Waals surface area contributed by atoms with Crippen LogP contribution >= 0.6 is 0 Å². The van der Waals surface area contributed by atoms with Gasteiger partial charge in [0, 0.05) is 18.1 Å². The number of likely N-dealkylation sites (N-methyl/N-ethyl adjacent to an activating group) is 1. The van der Waals surface area contributed by atoms with Crippen LogP contribution in [0, 0.1) is 11.3 Å². The summed E-state index contributed by atoms with van der Waals surface area (Å²) in [6.07, 6.45) is 8.15. The molecule has 0 aromatic rings. The van der Waals surface area contributed by atoms with Crippen LogP contribution < -0.4 is 5.73 Å². The lowest BCUT2D eigenvalue weighted by atomic mass is 9.84. The first-order valence-corrected chi connectivity index (χ1v) is 7.39. The summed E-state index contributed by atoms with van der Waals surface area (Å²) in [5, 5.41) is 0. The summed E-state index contributed by atoms with van der Waals surface area (Å²) in [7, 11) is 2.31. The fraction of sp³-hybridized carbons (Fsp3) is 1.00. The fourth-order valence-corrected chi connectivity index (χ4v) is 3.89. The van der Waals surface area contributed by atoms with E-state index in [0.717, 1.165) is 12.0 Å². The minimum Gasteiger partial charge on any atom is -0.326 e. The van der Waals surface area contributed by atoms with Crippen LogP contribution in [-0.2, 0) is 0 Å². The first-order valence-electron chi connectivity index (χ1n) is 7.39. The Morgan fingerprint density at radius 3 is 2.41 bits per heavy atom. The first kappa shape index (κ1) is 13.4. The maximum absolute atomic E-state index is 6.46. The highest BCUT2D eigenvalue weighted by Crippen LogP contribution is 2.40. The third-order valence-corrected chi connectivity index (χ3v) is 5.41. The van der Waals surface area contributed by atoms with Crippen molar-refractivity contribution in [2.75, 3.05) is 7.05 Å². The Kier molecular flexibility index (Phi) is 3.84. The van der Waals surface area contributed by atoms with Crippen LogP contribution in [-0.4, -0.2) is 30.1 Å².